The Balaban J connectivity index is 1.61. The Hall–Kier alpha value is -2.21. The lowest BCUT2D eigenvalue weighted by atomic mass is 9.99. The van der Waals surface area contributed by atoms with Crippen LogP contribution in [0.15, 0.2) is 34.9 Å². The Labute approximate surface area is 133 Å². The summed E-state index contributed by atoms with van der Waals surface area (Å²) in [7, 11) is 0. The Morgan fingerprint density at radius 3 is 2.65 bits per heavy atom. The van der Waals surface area contributed by atoms with Crippen molar-refractivity contribution in [1.29, 1.82) is 0 Å². The normalized spacial score (nSPS) is 19.6. The van der Waals surface area contributed by atoms with Crippen molar-refractivity contribution in [3.05, 3.63) is 41.8 Å². The van der Waals surface area contributed by atoms with Crippen molar-refractivity contribution in [3.8, 4) is 11.3 Å². The second-order valence-electron chi connectivity index (χ2n) is 6.04. The van der Waals surface area contributed by atoms with Gasteiger partial charge in [0.05, 0.1) is 29.9 Å². The first-order valence-electron chi connectivity index (χ1n) is 7.80. The fourth-order valence-electron chi connectivity index (χ4n) is 3.06. The lowest BCUT2D eigenvalue weighted by Crippen LogP contribution is -2.45. The third-order valence-electron chi connectivity index (χ3n) is 4.60. The third-order valence-corrected chi connectivity index (χ3v) is 4.60. The summed E-state index contributed by atoms with van der Waals surface area (Å²) in [5, 5.41) is 4.06. The van der Waals surface area contributed by atoms with E-state index in [0.717, 1.165) is 12.8 Å². The largest absolute Gasteiger partial charge is 0.378 e. The third kappa shape index (κ3) is 2.43. The minimum Gasteiger partial charge on any atom is -0.378 e. The lowest BCUT2D eigenvalue weighted by Gasteiger charge is -2.29. The van der Waals surface area contributed by atoms with Crippen LogP contribution in [0.1, 0.15) is 18.5 Å². The van der Waals surface area contributed by atoms with E-state index in [9.17, 15) is 9.18 Å². The molecule has 0 spiro atoms. The van der Waals surface area contributed by atoms with Crippen molar-refractivity contribution in [3.63, 3.8) is 0 Å². The van der Waals surface area contributed by atoms with Gasteiger partial charge in [-0.05, 0) is 25.0 Å². The van der Waals surface area contributed by atoms with Crippen LogP contribution in [0.5, 0.6) is 0 Å². The van der Waals surface area contributed by atoms with Gasteiger partial charge in [-0.15, -0.1) is 0 Å². The van der Waals surface area contributed by atoms with Crippen LogP contribution in [0.3, 0.4) is 0 Å². The second kappa shape index (κ2) is 5.45. The van der Waals surface area contributed by atoms with E-state index in [2.05, 4.69) is 5.16 Å². The molecule has 6 heteroatoms. The van der Waals surface area contributed by atoms with Gasteiger partial charge in [-0.1, -0.05) is 17.3 Å². The molecule has 0 bridgehead atoms. The molecule has 120 valence electrons. The van der Waals surface area contributed by atoms with Crippen LogP contribution in [-0.2, 0) is 14.9 Å². The molecule has 1 aliphatic carbocycles. The number of hydrogen-bond acceptors (Lipinski definition) is 4. The van der Waals surface area contributed by atoms with E-state index in [4.69, 9.17) is 9.26 Å². The Kier molecular flexibility index (Phi) is 3.41. The maximum Gasteiger partial charge on any atom is 0.235 e. The lowest BCUT2D eigenvalue weighted by molar-refractivity contribution is -0.138. The van der Waals surface area contributed by atoms with Gasteiger partial charge in [-0.2, -0.15) is 0 Å². The molecule has 2 aromatic rings. The highest BCUT2D eigenvalue weighted by atomic mass is 19.1. The molecule has 0 unspecified atom stereocenters. The summed E-state index contributed by atoms with van der Waals surface area (Å²) < 4.78 is 24.5. The van der Waals surface area contributed by atoms with E-state index >= 15 is 0 Å². The average molecular weight is 316 g/mol. The van der Waals surface area contributed by atoms with Crippen molar-refractivity contribution in [2.75, 3.05) is 26.3 Å². The molecule has 0 radical (unpaired) electrons. The van der Waals surface area contributed by atoms with Crippen molar-refractivity contribution < 1.29 is 18.4 Å². The molecule has 23 heavy (non-hydrogen) atoms. The number of halogens is 1. The maximum atomic E-state index is 13.9. The van der Waals surface area contributed by atoms with E-state index in [1.165, 1.54) is 6.07 Å². The molecule has 5 nitrogen and oxygen atoms in total. The Morgan fingerprint density at radius 1 is 1.22 bits per heavy atom. The Morgan fingerprint density at radius 2 is 1.96 bits per heavy atom. The number of amides is 1. The Bertz CT molecular complexity index is 733. The van der Waals surface area contributed by atoms with E-state index in [1.54, 1.807) is 24.3 Å². The van der Waals surface area contributed by atoms with Crippen molar-refractivity contribution in [1.82, 2.24) is 10.1 Å². The quantitative estimate of drug-likeness (QED) is 0.872. The van der Waals surface area contributed by atoms with Crippen LogP contribution in [0, 0.1) is 5.82 Å². The molecule has 1 saturated carbocycles. The van der Waals surface area contributed by atoms with Gasteiger partial charge in [0.25, 0.3) is 0 Å². The molecule has 0 N–H and O–H groups in total. The summed E-state index contributed by atoms with van der Waals surface area (Å²) in [6, 6.07) is 8.09. The summed E-state index contributed by atoms with van der Waals surface area (Å²) >= 11 is 0. The van der Waals surface area contributed by atoms with Gasteiger partial charge >= 0.3 is 0 Å². The molecular formula is C17H17FN2O3. The number of carbonyl (C=O) groups is 1. The molecule has 0 atom stereocenters. The predicted molar refractivity (Wildman–Crippen MR) is 80.2 cm³/mol. The van der Waals surface area contributed by atoms with Crippen LogP contribution in [-0.4, -0.2) is 42.3 Å². The summed E-state index contributed by atoms with van der Waals surface area (Å²) in [5.74, 6) is 0.0767. The molecule has 1 aromatic heterocycles. The second-order valence-corrected chi connectivity index (χ2v) is 6.04. The molecule has 1 amide bonds. The fraction of sp³-hybridized carbons (Fsp3) is 0.412. The highest BCUT2D eigenvalue weighted by molar-refractivity contribution is 5.91. The van der Waals surface area contributed by atoms with Crippen LogP contribution in [0.4, 0.5) is 4.39 Å². The van der Waals surface area contributed by atoms with Gasteiger partial charge in [-0.25, -0.2) is 4.39 Å². The number of aromatic nitrogens is 1. The predicted octanol–water partition coefficient (Wildman–Crippen LogP) is 2.37. The SMILES string of the molecule is O=C(N1CCOCC1)C1(c2cc(-c3ccccc3F)on2)CC1. The minimum atomic E-state index is -0.593. The first-order chi connectivity index (χ1) is 11.2. The number of ether oxygens (including phenoxy) is 1. The van der Waals surface area contributed by atoms with Gasteiger partial charge in [0.2, 0.25) is 5.91 Å². The summed E-state index contributed by atoms with van der Waals surface area (Å²) in [6.07, 6.45) is 1.51. The van der Waals surface area contributed by atoms with E-state index in [-0.39, 0.29) is 11.7 Å². The highest BCUT2D eigenvalue weighted by Crippen LogP contribution is 2.50. The fourth-order valence-corrected chi connectivity index (χ4v) is 3.06. The topological polar surface area (TPSA) is 55.6 Å². The van der Waals surface area contributed by atoms with E-state index < -0.39 is 5.41 Å². The van der Waals surface area contributed by atoms with Crippen LogP contribution < -0.4 is 0 Å². The number of nitrogens with zero attached hydrogens (tertiary/aromatic N) is 2. The molecule has 1 saturated heterocycles. The van der Waals surface area contributed by atoms with Gasteiger partial charge < -0.3 is 14.2 Å². The number of hydrogen-bond donors (Lipinski definition) is 0. The molecular weight excluding hydrogens is 299 g/mol. The molecule has 1 aromatic carbocycles. The van der Waals surface area contributed by atoms with Crippen molar-refractivity contribution in [2.45, 2.75) is 18.3 Å². The molecule has 2 heterocycles. The van der Waals surface area contributed by atoms with Crippen molar-refractivity contribution >= 4 is 5.91 Å². The number of morpholine rings is 1. The van der Waals surface area contributed by atoms with Gasteiger partial charge in [0, 0.05) is 19.2 Å². The number of benzene rings is 1. The molecule has 4 rings (SSSR count). The maximum absolute atomic E-state index is 13.9. The number of carbonyl (C=O) groups excluding carboxylic acids is 1. The van der Waals surface area contributed by atoms with Gasteiger partial charge in [0.1, 0.15) is 5.82 Å². The van der Waals surface area contributed by atoms with Crippen LogP contribution >= 0.6 is 0 Å². The zero-order chi connectivity index (χ0) is 15.9. The monoisotopic (exact) mass is 316 g/mol. The highest BCUT2D eigenvalue weighted by Gasteiger charge is 2.55. The average Bonchev–Trinajstić information content (AvgIpc) is 3.26. The summed E-state index contributed by atoms with van der Waals surface area (Å²) in [5.41, 5.74) is 0.373. The summed E-state index contributed by atoms with van der Waals surface area (Å²) in [6.45, 7) is 2.36. The smallest absolute Gasteiger partial charge is 0.235 e. The number of rotatable bonds is 3. The van der Waals surface area contributed by atoms with Crippen LogP contribution in [0.25, 0.3) is 11.3 Å². The standard InChI is InChI=1S/C17H17FN2O3/c18-13-4-2-1-3-12(13)14-11-15(19-23-14)17(5-6-17)16(21)20-7-9-22-10-8-20/h1-4,11H,5-10H2. The van der Waals surface area contributed by atoms with E-state index in [0.29, 0.717) is 43.3 Å². The first kappa shape index (κ1) is 14.4. The minimum absolute atomic E-state index is 0.0779. The van der Waals surface area contributed by atoms with Crippen LogP contribution in [0.2, 0.25) is 0 Å². The molecule has 2 fully saturated rings. The molecule has 2 aliphatic rings. The zero-order valence-corrected chi connectivity index (χ0v) is 12.6. The van der Waals surface area contributed by atoms with Gasteiger partial charge in [-0.3, -0.25) is 4.79 Å². The van der Waals surface area contributed by atoms with Crippen molar-refractivity contribution in [2.24, 2.45) is 0 Å². The summed E-state index contributed by atoms with van der Waals surface area (Å²) in [4.78, 5) is 14.6. The van der Waals surface area contributed by atoms with E-state index in [1.807, 2.05) is 4.90 Å². The molecule has 1 aliphatic heterocycles. The zero-order valence-electron chi connectivity index (χ0n) is 12.6. The van der Waals surface area contributed by atoms with Gasteiger partial charge in [0.15, 0.2) is 5.76 Å². The first-order valence-corrected chi connectivity index (χ1v) is 7.80.